The van der Waals surface area contributed by atoms with Gasteiger partial charge in [0, 0.05) is 12.4 Å². The minimum Gasteiger partial charge on any atom is -0.270 e. The lowest BCUT2D eigenvalue weighted by molar-refractivity contribution is 0.663. The molecule has 1 heteroatoms. The van der Waals surface area contributed by atoms with Crippen molar-refractivity contribution >= 4 is 6.21 Å². The highest BCUT2D eigenvalue weighted by atomic mass is 14.6. The molecule has 0 aliphatic heterocycles. The van der Waals surface area contributed by atoms with Gasteiger partial charge in [0.05, 0.1) is 0 Å². The average Bonchev–Trinajstić information content (AvgIpc) is 1.80. The van der Waals surface area contributed by atoms with Crippen molar-refractivity contribution in [2.45, 2.75) is 27.2 Å². The van der Waals surface area contributed by atoms with Crippen LogP contribution in [0.2, 0.25) is 0 Å². The van der Waals surface area contributed by atoms with Gasteiger partial charge in [0.25, 0.3) is 0 Å². The smallest absolute Gasteiger partial charge is 0.0223 e. The Labute approximate surface area is 57.5 Å². The first-order valence-corrected chi connectivity index (χ1v) is 3.40. The Morgan fingerprint density at radius 3 is 2.56 bits per heavy atom. The van der Waals surface area contributed by atoms with E-state index < -0.39 is 0 Å². The maximum Gasteiger partial charge on any atom is 0.0223 e. The zero-order chi connectivity index (χ0) is 7.11. The Hall–Kier alpha value is -0.590. The lowest BCUT2D eigenvalue weighted by atomic mass is 10.1. The maximum absolute atomic E-state index is 3.94. The van der Waals surface area contributed by atoms with Crippen LogP contribution in [0.5, 0.6) is 0 Å². The van der Waals surface area contributed by atoms with E-state index in [0.29, 0.717) is 0 Å². The summed E-state index contributed by atoms with van der Waals surface area (Å²) >= 11 is 0. The van der Waals surface area contributed by atoms with Crippen LogP contribution in [0.15, 0.2) is 17.3 Å². The first-order valence-electron chi connectivity index (χ1n) is 3.40. The van der Waals surface area contributed by atoms with E-state index in [9.17, 15) is 0 Å². The summed E-state index contributed by atoms with van der Waals surface area (Å²) in [7, 11) is 0. The van der Waals surface area contributed by atoms with E-state index in [1.54, 1.807) is 6.21 Å². The first-order chi connectivity index (χ1) is 4.27. The van der Waals surface area contributed by atoms with Crippen LogP contribution in [0.1, 0.15) is 27.2 Å². The number of rotatable bonds is 3. The van der Waals surface area contributed by atoms with Crippen LogP contribution in [-0.4, -0.2) is 6.21 Å². The zero-order valence-electron chi connectivity index (χ0n) is 6.46. The monoisotopic (exact) mass is 125 g/mol. The van der Waals surface area contributed by atoms with E-state index in [4.69, 9.17) is 0 Å². The van der Waals surface area contributed by atoms with Crippen LogP contribution in [0.3, 0.4) is 0 Å². The minimum atomic E-state index is 0.744. The standard InChI is InChI=1S/C8H15N/c1-4-9-7-5-6-8(2)3/h4-5,7-8H,6H2,1-3H3/b7-5-,9-4-. The third-order valence-corrected chi connectivity index (χ3v) is 0.948. The Morgan fingerprint density at radius 2 is 2.11 bits per heavy atom. The quantitative estimate of drug-likeness (QED) is 0.514. The molecule has 0 aromatic heterocycles. The Morgan fingerprint density at radius 1 is 1.44 bits per heavy atom. The maximum atomic E-state index is 3.94. The summed E-state index contributed by atoms with van der Waals surface area (Å²) < 4.78 is 0. The molecule has 9 heavy (non-hydrogen) atoms. The topological polar surface area (TPSA) is 12.4 Å². The number of aliphatic imine (C=N–C) groups is 1. The molecule has 1 nitrogen and oxygen atoms in total. The Bertz CT molecular complexity index is 101. The fraction of sp³-hybridized carbons (Fsp3) is 0.625. The van der Waals surface area contributed by atoms with Crippen LogP contribution in [-0.2, 0) is 0 Å². The largest absolute Gasteiger partial charge is 0.270 e. The van der Waals surface area contributed by atoms with Crippen LogP contribution in [0.4, 0.5) is 0 Å². The summed E-state index contributed by atoms with van der Waals surface area (Å²) in [6, 6.07) is 0. The van der Waals surface area contributed by atoms with E-state index in [1.165, 1.54) is 0 Å². The molecule has 0 N–H and O–H groups in total. The van der Waals surface area contributed by atoms with Gasteiger partial charge >= 0.3 is 0 Å². The van der Waals surface area contributed by atoms with Crippen LogP contribution in [0, 0.1) is 5.92 Å². The molecule has 0 aliphatic rings. The Balaban J connectivity index is 3.25. The zero-order valence-corrected chi connectivity index (χ0v) is 6.46. The molecule has 0 bridgehead atoms. The molecule has 0 aromatic rings. The van der Waals surface area contributed by atoms with Crippen molar-refractivity contribution in [3.05, 3.63) is 12.3 Å². The SMILES string of the molecule is C/C=N\C=C/CC(C)C. The molecule has 52 valence electrons. The molecule has 0 spiro atoms. The van der Waals surface area contributed by atoms with Crippen molar-refractivity contribution < 1.29 is 0 Å². The molecule has 0 radical (unpaired) electrons. The summed E-state index contributed by atoms with van der Waals surface area (Å²) in [6.45, 7) is 6.31. The molecule has 0 unspecified atom stereocenters. The summed E-state index contributed by atoms with van der Waals surface area (Å²) in [5.41, 5.74) is 0. The summed E-state index contributed by atoms with van der Waals surface area (Å²) in [4.78, 5) is 3.94. The van der Waals surface area contributed by atoms with Gasteiger partial charge in [-0.25, -0.2) is 0 Å². The summed E-state index contributed by atoms with van der Waals surface area (Å²) in [5.74, 6) is 0.744. The molecule has 0 aromatic carbocycles. The summed E-state index contributed by atoms with van der Waals surface area (Å²) in [6.07, 6.45) is 6.85. The van der Waals surface area contributed by atoms with Crippen molar-refractivity contribution in [1.82, 2.24) is 0 Å². The third kappa shape index (κ3) is 7.41. The van der Waals surface area contributed by atoms with Crippen LogP contribution < -0.4 is 0 Å². The van der Waals surface area contributed by atoms with E-state index in [1.807, 2.05) is 13.1 Å². The fourth-order valence-electron chi connectivity index (χ4n) is 0.480. The number of nitrogens with zero attached hydrogens (tertiary/aromatic N) is 1. The van der Waals surface area contributed by atoms with E-state index >= 15 is 0 Å². The molecule has 0 aliphatic carbocycles. The van der Waals surface area contributed by atoms with Gasteiger partial charge in [0.2, 0.25) is 0 Å². The molecule has 0 heterocycles. The third-order valence-electron chi connectivity index (χ3n) is 0.948. The van der Waals surface area contributed by atoms with Gasteiger partial charge in [-0.3, -0.25) is 4.99 Å². The first kappa shape index (κ1) is 8.41. The highest BCUT2D eigenvalue weighted by Crippen LogP contribution is 1.98. The summed E-state index contributed by atoms with van der Waals surface area (Å²) in [5, 5.41) is 0. The highest BCUT2D eigenvalue weighted by molar-refractivity contribution is 5.54. The lowest BCUT2D eigenvalue weighted by Crippen LogP contribution is -1.80. The number of allylic oxidation sites excluding steroid dienone is 1. The number of hydrogen-bond acceptors (Lipinski definition) is 1. The van der Waals surface area contributed by atoms with Crippen molar-refractivity contribution in [3.8, 4) is 0 Å². The fourth-order valence-corrected chi connectivity index (χ4v) is 0.480. The van der Waals surface area contributed by atoms with Gasteiger partial charge in [-0.1, -0.05) is 19.9 Å². The molecule has 0 amide bonds. The van der Waals surface area contributed by atoms with Crippen molar-refractivity contribution in [2.24, 2.45) is 10.9 Å². The van der Waals surface area contributed by atoms with Crippen LogP contribution in [0.25, 0.3) is 0 Å². The number of hydrogen-bond donors (Lipinski definition) is 0. The Kier molecular flexibility index (Phi) is 5.18. The second-order valence-electron chi connectivity index (χ2n) is 2.42. The van der Waals surface area contributed by atoms with Crippen molar-refractivity contribution in [1.29, 1.82) is 0 Å². The van der Waals surface area contributed by atoms with Crippen molar-refractivity contribution in [2.75, 3.05) is 0 Å². The average molecular weight is 125 g/mol. The normalized spacial score (nSPS) is 12.4. The molecule has 0 saturated heterocycles. The van der Waals surface area contributed by atoms with Crippen LogP contribution >= 0.6 is 0 Å². The molecule has 0 atom stereocenters. The molecular formula is C8H15N. The van der Waals surface area contributed by atoms with Gasteiger partial charge in [0.1, 0.15) is 0 Å². The van der Waals surface area contributed by atoms with E-state index in [-0.39, 0.29) is 0 Å². The van der Waals surface area contributed by atoms with Crippen molar-refractivity contribution in [3.63, 3.8) is 0 Å². The second kappa shape index (κ2) is 5.54. The molecular weight excluding hydrogens is 110 g/mol. The van der Waals surface area contributed by atoms with Gasteiger partial charge in [-0.05, 0) is 19.3 Å². The van der Waals surface area contributed by atoms with E-state index in [2.05, 4.69) is 24.9 Å². The second-order valence-corrected chi connectivity index (χ2v) is 2.42. The van der Waals surface area contributed by atoms with Gasteiger partial charge in [-0.15, -0.1) is 0 Å². The molecule has 0 rings (SSSR count). The van der Waals surface area contributed by atoms with Gasteiger partial charge < -0.3 is 0 Å². The lowest BCUT2D eigenvalue weighted by Gasteiger charge is -1.93. The van der Waals surface area contributed by atoms with Gasteiger partial charge in [-0.2, -0.15) is 0 Å². The predicted molar refractivity (Wildman–Crippen MR) is 42.8 cm³/mol. The van der Waals surface area contributed by atoms with E-state index in [0.717, 1.165) is 12.3 Å². The predicted octanol–water partition coefficient (Wildman–Crippen LogP) is 2.64. The molecule has 0 fully saturated rings. The van der Waals surface area contributed by atoms with Gasteiger partial charge in [0.15, 0.2) is 0 Å². The highest BCUT2D eigenvalue weighted by Gasteiger charge is 1.84. The molecule has 0 saturated carbocycles. The minimum absolute atomic E-state index is 0.744.